The third kappa shape index (κ3) is 5.17. The van der Waals surface area contributed by atoms with Gasteiger partial charge >= 0.3 is 6.36 Å². The molecule has 0 spiro atoms. The molecule has 1 fully saturated rings. The molecule has 0 aromatic heterocycles. The van der Waals surface area contributed by atoms with Crippen molar-refractivity contribution in [3.8, 4) is 5.75 Å². The molecular weight excluding hydrogens is 301 g/mol. The summed E-state index contributed by atoms with van der Waals surface area (Å²) in [6.07, 6.45) is -2.63. The molecule has 21 heavy (non-hydrogen) atoms. The van der Waals surface area contributed by atoms with Crippen LogP contribution >= 0.6 is 12.2 Å². The molecule has 0 aliphatic carbocycles. The van der Waals surface area contributed by atoms with E-state index in [1.807, 2.05) is 0 Å². The largest absolute Gasteiger partial charge is 0.573 e. The summed E-state index contributed by atoms with van der Waals surface area (Å²) >= 11 is 5.03. The van der Waals surface area contributed by atoms with Gasteiger partial charge in [-0.1, -0.05) is 24.4 Å². The van der Waals surface area contributed by atoms with Crippen LogP contribution in [0.4, 0.5) is 13.2 Å². The Morgan fingerprint density at radius 1 is 1.33 bits per heavy atom. The van der Waals surface area contributed by atoms with E-state index in [0.717, 1.165) is 31.5 Å². The van der Waals surface area contributed by atoms with Gasteiger partial charge in [-0.3, -0.25) is 4.90 Å². The maximum Gasteiger partial charge on any atom is 0.573 e. The summed E-state index contributed by atoms with van der Waals surface area (Å²) in [7, 11) is 0. The molecule has 0 bridgehead atoms. The maximum atomic E-state index is 12.1. The number of rotatable bonds is 4. The second-order valence-electron chi connectivity index (χ2n) is 5.17. The lowest BCUT2D eigenvalue weighted by Crippen LogP contribution is -2.39. The van der Waals surface area contributed by atoms with E-state index in [9.17, 15) is 13.2 Å². The number of nitrogens with zero attached hydrogens (tertiary/aromatic N) is 1. The molecule has 1 aliphatic heterocycles. The van der Waals surface area contributed by atoms with E-state index in [2.05, 4.69) is 9.64 Å². The molecule has 7 heteroatoms. The summed E-state index contributed by atoms with van der Waals surface area (Å²) < 4.78 is 40.1. The van der Waals surface area contributed by atoms with Gasteiger partial charge in [-0.15, -0.1) is 13.2 Å². The van der Waals surface area contributed by atoms with E-state index in [1.54, 1.807) is 12.1 Å². The first-order chi connectivity index (χ1) is 9.83. The molecule has 1 heterocycles. The number of hydrogen-bond donors (Lipinski definition) is 1. The molecule has 2 N–H and O–H groups in total. The third-order valence-electron chi connectivity index (χ3n) is 3.47. The van der Waals surface area contributed by atoms with Gasteiger partial charge in [-0.2, -0.15) is 0 Å². The lowest BCUT2D eigenvalue weighted by atomic mass is 9.97. The molecule has 1 aromatic rings. The number of nitrogens with two attached hydrogens (primary N) is 1. The number of benzene rings is 1. The van der Waals surface area contributed by atoms with Gasteiger partial charge in [0.25, 0.3) is 0 Å². The molecule has 0 radical (unpaired) electrons. The third-order valence-corrected chi connectivity index (χ3v) is 3.80. The zero-order valence-corrected chi connectivity index (χ0v) is 12.2. The Bertz CT molecular complexity index is 490. The molecular formula is C14H17F3N2OS. The zero-order chi connectivity index (χ0) is 15.5. The first kappa shape index (κ1) is 16.0. The van der Waals surface area contributed by atoms with Gasteiger partial charge < -0.3 is 10.5 Å². The van der Waals surface area contributed by atoms with Crippen molar-refractivity contribution in [2.24, 2.45) is 11.7 Å². The van der Waals surface area contributed by atoms with Crippen LogP contribution in [-0.2, 0) is 6.54 Å². The lowest BCUT2D eigenvalue weighted by Gasteiger charge is -2.32. The second kappa shape index (κ2) is 6.62. The van der Waals surface area contributed by atoms with Crippen LogP contribution in [-0.4, -0.2) is 29.3 Å². The molecule has 0 saturated carbocycles. The van der Waals surface area contributed by atoms with Crippen molar-refractivity contribution in [1.29, 1.82) is 0 Å². The summed E-state index contributed by atoms with van der Waals surface area (Å²) in [4.78, 5) is 2.75. The number of piperidine rings is 1. The van der Waals surface area contributed by atoms with Crippen molar-refractivity contribution >= 4 is 17.2 Å². The normalized spacial score (nSPS) is 20.2. The predicted molar refractivity (Wildman–Crippen MR) is 77.9 cm³/mol. The molecule has 0 amide bonds. The summed E-state index contributed by atoms with van der Waals surface area (Å²) in [5.41, 5.74) is 6.62. The minimum atomic E-state index is -4.65. The fourth-order valence-corrected chi connectivity index (χ4v) is 2.68. The Morgan fingerprint density at radius 3 is 2.57 bits per heavy atom. The van der Waals surface area contributed by atoms with Gasteiger partial charge in [0.2, 0.25) is 0 Å². The number of hydrogen-bond acceptors (Lipinski definition) is 3. The zero-order valence-electron chi connectivity index (χ0n) is 11.4. The molecule has 2 rings (SSSR count). The highest BCUT2D eigenvalue weighted by atomic mass is 32.1. The van der Waals surface area contributed by atoms with E-state index in [-0.39, 0.29) is 11.7 Å². The van der Waals surface area contributed by atoms with Crippen LogP contribution in [0.2, 0.25) is 0 Å². The average Bonchev–Trinajstić information content (AvgIpc) is 2.40. The number of ether oxygens (including phenoxy) is 1. The highest BCUT2D eigenvalue weighted by Crippen LogP contribution is 2.24. The Labute approximate surface area is 126 Å². The molecule has 3 nitrogen and oxygen atoms in total. The summed E-state index contributed by atoms with van der Waals surface area (Å²) in [6.45, 7) is 2.42. The van der Waals surface area contributed by atoms with E-state index in [1.165, 1.54) is 12.1 Å². The fraction of sp³-hybridized carbons (Fsp3) is 0.500. The van der Waals surface area contributed by atoms with Gasteiger partial charge in [0.15, 0.2) is 0 Å². The SMILES string of the molecule is NC(=S)C1CCCN(Cc2ccc(OC(F)(F)F)cc2)C1. The summed E-state index contributed by atoms with van der Waals surface area (Å²) in [6, 6.07) is 5.95. The van der Waals surface area contributed by atoms with Crippen LogP contribution in [0, 0.1) is 5.92 Å². The van der Waals surface area contributed by atoms with E-state index < -0.39 is 6.36 Å². The minimum Gasteiger partial charge on any atom is -0.406 e. The quantitative estimate of drug-likeness (QED) is 0.866. The molecule has 1 aromatic carbocycles. The van der Waals surface area contributed by atoms with Crippen LogP contribution < -0.4 is 10.5 Å². The minimum absolute atomic E-state index is 0.203. The Kier molecular flexibility index (Phi) is 5.05. The van der Waals surface area contributed by atoms with Crippen molar-refractivity contribution in [1.82, 2.24) is 4.90 Å². The highest BCUT2D eigenvalue weighted by Gasteiger charge is 2.31. The predicted octanol–water partition coefficient (Wildman–Crippen LogP) is 3.08. The molecule has 116 valence electrons. The van der Waals surface area contributed by atoms with Crippen molar-refractivity contribution in [2.45, 2.75) is 25.7 Å². The molecule has 1 saturated heterocycles. The second-order valence-corrected chi connectivity index (χ2v) is 5.64. The van der Waals surface area contributed by atoms with E-state index in [0.29, 0.717) is 11.5 Å². The first-order valence-corrected chi connectivity index (χ1v) is 7.11. The van der Waals surface area contributed by atoms with Gasteiger partial charge in [0.05, 0.1) is 4.99 Å². The molecule has 1 atom stereocenters. The lowest BCUT2D eigenvalue weighted by molar-refractivity contribution is -0.274. The van der Waals surface area contributed by atoms with Gasteiger partial charge in [0, 0.05) is 19.0 Å². The monoisotopic (exact) mass is 318 g/mol. The number of alkyl halides is 3. The van der Waals surface area contributed by atoms with Gasteiger partial charge in [0.1, 0.15) is 5.75 Å². The smallest absolute Gasteiger partial charge is 0.406 e. The van der Waals surface area contributed by atoms with Crippen LogP contribution in [0.1, 0.15) is 18.4 Å². The fourth-order valence-electron chi connectivity index (χ4n) is 2.49. The van der Waals surface area contributed by atoms with Crippen LogP contribution in [0.25, 0.3) is 0 Å². The van der Waals surface area contributed by atoms with E-state index >= 15 is 0 Å². The number of likely N-dealkylation sites (tertiary alicyclic amines) is 1. The standard InChI is InChI=1S/C14H17F3N2OS/c15-14(16,17)20-12-5-3-10(4-6-12)8-19-7-1-2-11(9-19)13(18)21/h3-6,11H,1-2,7-9H2,(H2,18,21). The Balaban J connectivity index is 1.92. The number of thiocarbonyl (C=S) groups is 1. The van der Waals surface area contributed by atoms with Gasteiger partial charge in [-0.25, -0.2) is 0 Å². The van der Waals surface area contributed by atoms with Crippen molar-refractivity contribution in [2.75, 3.05) is 13.1 Å². The maximum absolute atomic E-state index is 12.1. The van der Waals surface area contributed by atoms with Crippen molar-refractivity contribution in [3.63, 3.8) is 0 Å². The Hall–Kier alpha value is -1.34. The molecule has 1 unspecified atom stereocenters. The highest BCUT2D eigenvalue weighted by molar-refractivity contribution is 7.80. The van der Waals surface area contributed by atoms with Crippen LogP contribution in [0.5, 0.6) is 5.75 Å². The van der Waals surface area contributed by atoms with Gasteiger partial charge in [-0.05, 0) is 37.1 Å². The molecule has 1 aliphatic rings. The van der Waals surface area contributed by atoms with Crippen molar-refractivity contribution in [3.05, 3.63) is 29.8 Å². The first-order valence-electron chi connectivity index (χ1n) is 6.70. The summed E-state index contributed by atoms with van der Waals surface area (Å²) in [5, 5.41) is 0. The average molecular weight is 318 g/mol. The van der Waals surface area contributed by atoms with E-state index in [4.69, 9.17) is 18.0 Å². The summed E-state index contributed by atoms with van der Waals surface area (Å²) in [5.74, 6) is 0.0208. The number of halogens is 3. The topological polar surface area (TPSA) is 38.5 Å². The Morgan fingerprint density at radius 2 is 2.00 bits per heavy atom. The van der Waals surface area contributed by atoms with Crippen LogP contribution in [0.15, 0.2) is 24.3 Å². The van der Waals surface area contributed by atoms with Crippen molar-refractivity contribution < 1.29 is 17.9 Å². The van der Waals surface area contributed by atoms with Crippen LogP contribution in [0.3, 0.4) is 0 Å².